The molecule has 0 aromatic carbocycles. The molecule has 3 heterocycles. The molecule has 0 radical (unpaired) electrons. The van der Waals surface area contributed by atoms with Crippen LogP contribution in [0.2, 0.25) is 0 Å². The number of hydrogen-bond donors (Lipinski definition) is 0. The Bertz CT molecular complexity index is 803. The maximum Gasteiger partial charge on any atom is 0.224 e. The van der Waals surface area contributed by atoms with E-state index in [-0.39, 0.29) is 5.91 Å². The summed E-state index contributed by atoms with van der Waals surface area (Å²) >= 11 is 3.54. The maximum atomic E-state index is 12.6. The Hall–Kier alpha value is -1.67. The third-order valence-electron chi connectivity index (χ3n) is 5.45. The van der Waals surface area contributed by atoms with Crippen molar-refractivity contribution in [3.8, 4) is 0 Å². The third-order valence-corrected chi connectivity index (χ3v) is 6.60. The first-order valence-corrected chi connectivity index (χ1v) is 10.4. The van der Waals surface area contributed by atoms with E-state index in [1.165, 1.54) is 11.3 Å². The molecule has 1 fully saturated rings. The van der Waals surface area contributed by atoms with Gasteiger partial charge in [0.2, 0.25) is 5.91 Å². The second-order valence-electron chi connectivity index (χ2n) is 7.19. The molecule has 0 unspecified atom stereocenters. The number of halogens is 1. The highest BCUT2D eigenvalue weighted by Crippen LogP contribution is 2.20. The Labute approximate surface area is 169 Å². The molecule has 2 aromatic rings. The Morgan fingerprint density at radius 1 is 1.11 bits per heavy atom. The van der Waals surface area contributed by atoms with Crippen molar-refractivity contribution in [2.24, 2.45) is 0 Å². The zero-order valence-corrected chi connectivity index (χ0v) is 18.3. The van der Waals surface area contributed by atoms with Gasteiger partial charge in [0.15, 0.2) is 0 Å². The molecule has 8 heteroatoms. The molecule has 1 saturated heterocycles. The van der Waals surface area contributed by atoms with Crippen molar-refractivity contribution in [2.45, 2.75) is 53.8 Å². The number of aromatic nitrogens is 4. The first-order chi connectivity index (χ1) is 12.9. The summed E-state index contributed by atoms with van der Waals surface area (Å²) < 4.78 is 4.99. The van der Waals surface area contributed by atoms with Gasteiger partial charge in [-0.05, 0) is 43.6 Å². The lowest BCUT2D eigenvalue weighted by atomic mass is 10.2. The minimum absolute atomic E-state index is 0.216. The van der Waals surface area contributed by atoms with Crippen LogP contribution in [0, 0.1) is 20.8 Å². The standard InChI is InChI=1S/C19H29BrN6O/c1-5-25-15(3)17(12-21-25)13-23-8-10-24(11-9-23)18(27)6-7-26-16(4)19(20)14(2)22-26/h12H,5-11,13H2,1-4H3. The number of nitrogens with zero attached hydrogens (tertiary/aromatic N) is 6. The lowest BCUT2D eigenvalue weighted by Gasteiger charge is -2.34. The predicted molar refractivity (Wildman–Crippen MR) is 109 cm³/mol. The van der Waals surface area contributed by atoms with E-state index in [2.05, 4.69) is 44.9 Å². The number of carbonyl (C=O) groups excluding carboxylic acids is 1. The van der Waals surface area contributed by atoms with Crippen molar-refractivity contribution < 1.29 is 4.79 Å². The van der Waals surface area contributed by atoms with Gasteiger partial charge in [-0.1, -0.05) is 0 Å². The van der Waals surface area contributed by atoms with Crippen LogP contribution in [0.15, 0.2) is 10.7 Å². The van der Waals surface area contributed by atoms with Crippen LogP contribution in [0.3, 0.4) is 0 Å². The molecule has 1 amide bonds. The third kappa shape index (κ3) is 4.43. The Kier molecular flexibility index (Phi) is 6.37. The molecule has 148 valence electrons. The van der Waals surface area contributed by atoms with Crippen molar-refractivity contribution in [3.05, 3.63) is 33.3 Å². The lowest BCUT2D eigenvalue weighted by molar-refractivity contribution is -0.133. The average molecular weight is 437 g/mol. The van der Waals surface area contributed by atoms with Crippen molar-refractivity contribution in [1.29, 1.82) is 0 Å². The van der Waals surface area contributed by atoms with Gasteiger partial charge in [0.25, 0.3) is 0 Å². The molecular weight excluding hydrogens is 408 g/mol. The van der Waals surface area contributed by atoms with Crippen molar-refractivity contribution in [3.63, 3.8) is 0 Å². The summed E-state index contributed by atoms with van der Waals surface area (Å²) in [5, 5.41) is 8.91. The Balaban J connectivity index is 1.47. The Morgan fingerprint density at radius 3 is 2.37 bits per heavy atom. The molecule has 0 atom stereocenters. The molecule has 2 aromatic heterocycles. The first-order valence-electron chi connectivity index (χ1n) is 9.61. The average Bonchev–Trinajstić information content (AvgIpc) is 3.14. The molecule has 0 N–H and O–H groups in total. The fourth-order valence-electron chi connectivity index (χ4n) is 3.61. The molecule has 1 aliphatic rings. The van der Waals surface area contributed by atoms with E-state index >= 15 is 0 Å². The van der Waals surface area contributed by atoms with Gasteiger partial charge in [0, 0.05) is 62.6 Å². The summed E-state index contributed by atoms with van der Waals surface area (Å²) in [4.78, 5) is 17.0. The highest BCUT2D eigenvalue weighted by molar-refractivity contribution is 9.10. The minimum atomic E-state index is 0.216. The molecule has 7 nitrogen and oxygen atoms in total. The van der Waals surface area contributed by atoms with Crippen molar-refractivity contribution in [1.82, 2.24) is 29.4 Å². The van der Waals surface area contributed by atoms with Gasteiger partial charge in [-0.15, -0.1) is 0 Å². The summed E-state index contributed by atoms with van der Waals surface area (Å²) in [6.07, 6.45) is 2.47. The summed E-state index contributed by atoms with van der Waals surface area (Å²) in [5.41, 5.74) is 4.57. The number of amides is 1. The smallest absolute Gasteiger partial charge is 0.224 e. The van der Waals surface area contributed by atoms with E-state index < -0.39 is 0 Å². The lowest BCUT2D eigenvalue weighted by Crippen LogP contribution is -2.48. The second-order valence-corrected chi connectivity index (χ2v) is 7.98. The van der Waals surface area contributed by atoms with E-state index in [0.717, 1.165) is 55.1 Å². The predicted octanol–water partition coefficient (Wildman–Crippen LogP) is 2.52. The first kappa shape index (κ1) is 20.1. The van der Waals surface area contributed by atoms with Crippen LogP contribution >= 0.6 is 15.9 Å². The van der Waals surface area contributed by atoms with Gasteiger partial charge >= 0.3 is 0 Å². The molecule has 3 rings (SSSR count). The fraction of sp³-hybridized carbons (Fsp3) is 0.632. The SMILES string of the molecule is CCn1ncc(CN2CCN(C(=O)CCn3nc(C)c(Br)c3C)CC2)c1C. The number of piperazine rings is 1. The minimum Gasteiger partial charge on any atom is -0.340 e. The fourth-order valence-corrected chi connectivity index (χ4v) is 3.89. The van der Waals surface area contributed by atoms with Crippen LogP contribution in [0.1, 0.15) is 36.0 Å². The zero-order valence-electron chi connectivity index (χ0n) is 16.7. The summed E-state index contributed by atoms with van der Waals surface area (Å²) in [6, 6.07) is 0. The molecule has 0 bridgehead atoms. The molecule has 27 heavy (non-hydrogen) atoms. The van der Waals surface area contributed by atoms with Crippen LogP contribution in [0.5, 0.6) is 0 Å². The van der Waals surface area contributed by atoms with Crippen LogP contribution in [0.25, 0.3) is 0 Å². The van der Waals surface area contributed by atoms with Gasteiger partial charge in [-0.25, -0.2) is 0 Å². The van der Waals surface area contributed by atoms with E-state index in [9.17, 15) is 4.79 Å². The van der Waals surface area contributed by atoms with Gasteiger partial charge in [0.05, 0.1) is 22.9 Å². The molecule has 0 saturated carbocycles. The van der Waals surface area contributed by atoms with Gasteiger partial charge in [0.1, 0.15) is 0 Å². The highest BCUT2D eigenvalue weighted by atomic mass is 79.9. The Morgan fingerprint density at radius 2 is 1.81 bits per heavy atom. The topological polar surface area (TPSA) is 59.2 Å². The van der Waals surface area contributed by atoms with Crippen LogP contribution in [-0.4, -0.2) is 61.4 Å². The monoisotopic (exact) mass is 436 g/mol. The number of aryl methyl sites for hydroxylation is 3. The molecule has 0 aliphatic carbocycles. The number of carbonyl (C=O) groups is 1. The summed E-state index contributed by atoms with van der Waals surface area (Å²) in [5.74, 6) is 0.216. The second kappa shape index (κ2) is 8.56. The number of hydrogen-bond acceptors (Lipinski definition) is 4. The van der Waals surface area contributed by atoms with Gasteiger partial charge < -0.3 is 4.90 Å². The zero-order chi connectivity index (χ0) is 19.6. The largest absolute Gasteiger partial charge is 0.340 e. The molecule has 0 spiro atoms. The number of rotatable bonds is 6. The van der Waals surface area contributed by atoms with Crippen molar-refractivity contribution in [2.75, 3.05) is 26.2 Å². The van der Waals surface area contributed by atoms with E-state index in [0.29, 0.717) is 13.0 Å². The van der Waals surface area contributed by atoms with Gasteiger partial charge in [-0.3, -0.25) is 19.1 Å². The van der Waals surface area contributed by atoms with E-state index in [1.54, 1.807) is 0 Å². The highest BCUT2D eigenvalue weighted by Gasteiger charge is 2.22. The van der Waals surface area contributed by atoms with Gasteiger partial charge in [-0.2, -0.15) is 10.2 Å². The van der Waals surface area contributed by atoms with Crippen LogP contribution < -0.4 is 0 Å². The van der Waals surface area contributed by atoms with Crippen LogP contribution in [0.4, 0.5) is 0 Å². The molecule has 1 aliphatic heterocycles. The summed E-state index contributed by atoms with van der Waals surface area (Å²) in [6.45, 7) is 14.1. The van der Waals surface area contributed by atoms with Crippen molar-refractivity contribution >= 4 is 21.8 Å². The maximum absolute atomic E-state index is 12.6. The quantitative estimate of drug-likeness (QED) is 0.697. The van der Waals surface area contributed by atoms with E-state index in [1.807, 2.05) is 34.3 Å². The summed E-state index contributed by atoms with van der Waals surface area (Å²) in [7, 11) is 0. The molecular formula is C19H29BrN6O. The van der Waals surface area contributed by atoms with Crippen LogP contribution in [-0.2, 0) is 24.4 Å². The normalized spacial score (nSPS) is 15.5. The van der Waals surface area contributed by atoms with E-state index in [4.69, 9.17) is 0 Å².